The molecular formula is C24H24ClF4N5O2. The van der Waals surface area contributed by atoms with Gasteiger partial charge in [0.25, 0.3) is 0 Å². The number of benzene rings is 1. The minimum atomic E-state index is -3.73. The number of likely N-dealkylation sites (tertiary alicyclic amines) is 1. The van der Waals surface area contributed by atoms with Crippen LogP contribution in [0.5, 0.6) is 0 Å². The summed E-state index contributed by atoms with van der Waals surface area (Å²) in [5.74, 6) is -2.47. The van der Waals surface area contributed by atoms with Crippen molar-refractivity contribution in [2.24, 2.45) is 5.41 Å². The SMILES string of the molecule is Cc1cc(Nc2ccc(F)c(C[C@@]3(C(=O)O)CCN(C(F)(F)c4cccc(Cl)c4F)[C@H](C)C3)n2)n[nH]1. The van der Waals surface area contributed by atoms with Crippen molar-refractivity contribution in [1.29, 1.82) is 0 Å². The first-order valence-electron chi connectivity index (χ1n) is 11.2. The largest absolute Gasteiger partial charge is 0.481 e. The number of carbonyl (C=O) groups is 1. The average Bonchev–Trinajstić information content (AvgIpc) is 3.22. The minimum absolute atomic E-state index is 0.108. The second kappa shape index (κ2) is 9.70. The Morgan fingerprint density at radius 3 is 2.69 bits per heavy atom. The molecule has 36 heavy (non-hydrogen) atoms. The van der Waals surface area contributed by atoms with Crippen molar-refractivity contribution in [2.75, 3.05) is 11.9 Å². The Labute approximate surface area is 209 Å². The minimum Gasteiger partial charge on any atom is -0.481 e. The summed E-state index contributed by atoms with van der Waals surface area (Å²) in [6.45, 7) is 2.88. The normalized spacial score (nSPS) is 20.9. The number of hydrogen-bond donors (Lipinski definition) is 3. The molecule has 3 heterocycles. The van der Waals surface area contributed by atoms with E-state index in [1.165, 1.54) is 25.1 Å². The maximum absolute atomic E-state index is 15.3. The van der Waals surface area contributed by atoms with E-state index in [-0.39, 0.29) is 37.3 Å². The van der Waals surface area contributed by atoms with Crippen LogP contribution >= 0.6 is 11.6 Å². The van der Waals surface area contributed by atoms with E-state index in [2.05, 4.69) is 20.5 Å². The van der Waals surface area contributed by atoms with Gasteiger partial charge in [0.15, 0.2) is 11.6 Å². The number of carboxylic acids is 1. The first-order chi connectivity index (χ1) is 16.9. The lowest BCUT2D eigenvalue weighted by Gasteiger charge is -2.46. The predicted molar refractivity (Wildman–Crippen MR) is 125 cm³/mol. The molecular weight excluding hydrogens is 502 g/mol. The first kappa shape index (κ1) is 25.9. The van der Waals surface area contributed by atoms with Crippen molar-refractivity contribution >= 4 is 29.2 Å². The highest BCUT2D eigenvalue weighted by Crippen LogP contribution is 2.45. The van der Waals surface area contributed by atoms with E-state index >= 15 is 8.78 Å². The highest BCUT2D eigenvalue weighted by molar-refractivity contribution is 6.30. The molecule has 0 saturated carbocycles. The number of aromatic amines is 1. The Morgan fingerprint density at radius 2 is 2.06 bits per heavy atom. The van der Waals surface area contributed by atoms with E-state index in [1.807, 2.05) is 0 Å². The molecule has 0 unspecified atom stereocenters. The molecule has 0 radical (unpaired) electrons. The number of carboxylic acid groups (broad SMARTS) is 1. The van der Waals surface area contributed by atoms with Crippen LogP contribution in [0.25, 0.3) is 0 Å². The summed E-state index contributed by atoms with van der Waals surface area (Å²) in [4.78, 5) is 17.4. The van der Waals surface area contributed by atoms with E-state index in [0.29, 0.717) is 5.82 Å². The molecule has 1 aliphatic heterocycles. The quantitative estimate of drug-likeness (QED) is 0.273. The summed E-state index contributed by atoms with van der Waals surface area (Å²) in [6.07, 6.45) is -0.752. The summed E-state index contributed by atoms with van der Waals surface area (Å²) in [5, 5.41) is 19.3. The van der Waals surface area contributed by atoms with Gasteiger partial charge in [-0.25, -0.2) is 18.7 Å². The molecule has 192 valence electrons. The second-order valence-corrected chi connectivity index (χ2v) is 9.49. The third kappa shape index (κ3) is 4.90. The van der Waals surface area contributed by atoms with Crippen molar-refractivity contribution in [3.63, 3.8) is 0 Å². The molecule has 0 amide bonds. The molecule has 2 atom stereocenters. The van der Waals surface area contributed by atoms with Crippen LogP contribution in [0.15, 0.2) is 36.4 Å². The van der Waals surface area contributed by atoms with Gasteiger partial charge in [-0.1, -0.05) is 17.7 Å². The van der Waals surface area contributed by atoms with E-state index in [0.717, 1.165) is 22.7 Å². The van der Waals surface area contributed by atoms with Gasteiger partial charge in [0.05, 0.1) is 21.7 Å². The number of aromatic nitrogens is 3. The maximum Gasteiger partial charge on any atom is 0.334 e. The second-order valence-electron chi connectivity index (χ2n) is 9.09. The van der Waals surface area contributed by atoms with Gasteiger partial charge in [0.2, 0.25) is 0 Å². The zero-order valence-corrected chi connectivity index (χ0v) is 20.2. The monoisotopic (exact) mass is 525 g/mol. The third-order valence-electron chi connectivity index (χ3n) is 6.53. The van der Waals surface area contributed by atoms with Crippen LogP contribution in [0, 0.1) is 24.0 Å². The standard InChI is InChI=1S/C24H24ClF4N5O2/c1-13-10-20(33-32-13)31-19-7-6-17(26)18(30-19)12-23(22(35)36)8-9-34(14(2)11-23)24(28,29)15-4-3-5-16(25)21(15)27/h3-7,10,14H,8-9,11-12H2,1-2H3,(H,35,36)(H2,30,31,32,33)/t14-,23-/m1/s1. The van der Waals surface area contributed by atoms with Gasteiger partial charge >= 0.3 is 12.0 Å². The Bertz CT molecular complexity index is 1290. The molecule has 0 aliphatic carbocycles. The van der Waals surface area contributed by atoms with Gasteiger partial charge in [0.1, 0.15) is 11.6 Å². The molecule has 0 bridgehead atoms. The highest BCUT2D eigenvalue weighted by Gasteiger charge is 2.52. The maximum atomic E-state index is 15.3. The number of alkyl halides is 2. The van der Waals surface area contributed by atoms with Gasteiger partial charge in [0, 0.05) is 30.8 Å². The molecule has 3 N–H and O–H groups in total. The summed E-state index contributed by atoms with van der Waals surface area (Å²) < 4.78 is 59.7. The number of nitrogens with one attached hydrogen (secondary N) is 2. The number of pyridine rings is 1. The van der Waals surface area contributed by atoms with Crippen molar-refractivity contribution in [3.8, 4) is 0 Å². The van der Waals surface area contributed by atoms with E-state index < -0.39 is 45.7 Å². The summed E-state index contributed by atoms with van der Waals surface area (Å²) in [7, 11) is 0. The van der Waals surface area contributed by atoms with Crippen LogP contribution in [0.4, 0.5) is 29.2 Å². The van der Waals surface area contributed by atoms with Crippen molar-refractivity contribution in [3.05, 3.63) is 70.0 Å². The fourth-order valence-electron chi connectivity index (χ4n) is 4.68. The van der Waals surface area contributed by atoms with Crippen LogP contribution in [0.3, 0.4) is 0 Å². The lowest BCUT2D eigenvalue weighted by Crippen LogP contribution is -2.55. The van der Waals surface area contributed by atoms with E-state index in [1.54, 1.807) is 13.0 Å². The van der Waals surface area contributed by atoms with Crippen LogP contribution in [0.1, 0.15) is 36.7 Å². The Kier molecular flexibility index (Phi) is 6.98. The van der Waals surface area contributed by atoms with Gasteiger partial charge in [-0.05, 0) is 51.0 Å². The molecule has 3 aromatic rings. The molecule has 1 aromatic carbocycles. The molecule has 12 heteroatoms. The highest BCUT2D eigenvalue weighted by atomic mass is 35.5. The van der Waals surface area contributed by atoms with Gasteiger partial charge in [-0.3, -0.25) is 9.89 Å². The average molecular weight is 526 g/mol. The Morgan fingerprint density at radius 1 is 1.31 bits per heavy atom. The molecule has 0 spiro atoms. The summed E-state index contributed by atoms with van der Waals surface area (Å²) in [6, 6.07) is 2.91. The lowest BCUT2D eigenvalue weighted by atomic mass is 9.72. The number of aryl methyl sites for hydroxylation is 1. The number of nitrogens with zero attached hydrogens (tertiary/aromatic N) is 3. The predicted octanol–water partition coefficient (Wildman–Crippen LogP) is 5.64. The zero-order chi connectivity index (χ0) is 26.3. The number of piperidine rings is 1. The number of aliphatic carboxylic acids is 1. The van der Waals surface area contributed by atoms with Crippen LogP contribution in [-0.4, -0.2) is 43.7 Å². The number of hydrogen-bond acceptors (Lipinski definition) is 5. The molecule has 1 fully saturated rings. The zero-order valence-electron chi connectivity index (χ0n) is 19.5. The molecule has 4 rings (SSSR count). The fraction of sp³-hybridized carbons (Fsp3) is 0.375. The van der Waals surface area contributed by atoms with Gasteiger partial charge in [-0.15, -0.1) is 0 Å². The van der Waals surface area contributed by atoms with Crippen molar-refractivity contribution in [1.82, 2.24) is 20.1 Å². The topological polar surface area (TPSA) is 94.1 Å². The van der Waals surface area contributed by atoms with Crippen molar-refractivity contribution < 1.29 is 27.5 Å². The molecule has 2 aromatic heterocycles. The fourth-order valence-corrected chi connectivity index (χ4v) is 4.86. The van der Waals surface area contributed by atoms with Crippen LogP contribution < -0.4 is 5.32 Å². The lowest BCUT2D eigenvalue weighted by molar-refractivity contribution is -0.198. The smallest absolute Gasteiger partial charge is 0.334 e. The number of H-pyrrole nitrogens is 1. The van der Waals surface area contributed by atoms with E-state index in [4.69, 9.17) is 11.6 Å². The van der Waals surface area contributed by atoms with E-state index in [9.17, 15) is 18.7 Å². The summed E-state index contributed by atoms with van der Waals surface area (Å²) >= 11 is 5.69. The van der Waals surface area contributed by atoms with Crippen LogP contribution in [-0.2, 0) is 17.3 Å². The molecule has 7 nitrogen and oxygen atoms in total. The Balaban J connectivity index is 1.58. The van der Waals surface area contributed by atoms with Gasteiger partial charge in [-0.2, -0.15) is 13.9 Å². The molecule has 1 aliphatic rings. The number of rotatable bonds is 7. The van der Waals surface area contributed by atoms with Gasteiger partial charge < -0.3 is 10.4 Å². The summed E-state index contributed by atoms with van der Waals surface area (Å²) in [5.41, 5.74) is -1.75. The van der Waals surface area contributed by atoms with Crippen molar-refractivity contribution in [2.45, 2.75) is 45.2 Å². The first-order valence-corrected chi connectivity index (χ1v) is 11.6. The third-order valence-corrected chi connectivity index (χ3v) is 6.82. The number of halogens is 5. The molecule has 1 saturated heterocycles. The Hall–Kier alpha value is -3.18. The number of anilines is 2. The van der Waals surface area contributed by atoms with Crippen LogP contribution in [0.2, 0.25) is 5.02 Å².